The zero-order valence-corrected chi connectivity index (χ0v) is 17.1. The number of carbonyl (C=O) groups is 2. The number of aryl methyl sites for hydroxylation is 1. The molecule has 0 bridgehead atoms. The van der Waals surface area contributed by atoms with Crippen molar-refractivity contribution in [2.24, 2.45) is 0 Å². The second-order valence-corrected chi connectivity index (χ2v) is 7.50. The number of nitrogens with zero attached hydrogens (tertiary/aromatic N) is 3. The molecule has 0 aliphatic carbocycles. The minimum Gasteiger partial charge on any atom is -0.507 e. The predicted octanol–water partition coefficient (Wildman–Crippen LogP) is 3.92. The van der Waals surface area contributed by atoms with Crippen molar-refractivity contribution in [2.75, 3.05) is 0 Å². The lowest BCUT2D eigenvalue weighted by Gasteiger charge is -2.25. The van der Waals surface area contributed by atoms with Crippen molar-refractivity contribution >= 4 is 23.1 Å². The lowest BCUT2D eigenvalue weighted by Crippen LogP contribution is -2.29. The van der Waals surface area contributed by atoms with Gasteiger partial charge in [-0.3, -0.25) is 24.7 Å². The van der Waals surface area contributed by atoms with Crippen molar-refractivity contribution in [3.63, 3.8) is 0 Å². The van der Waals surface area contributed by atoms with Crippen LogP contribution in [0.25, 0.3) is 5.76 Å². The number of nitro benzene ring substituents is 1. The van der Waals surface area contributed by atoms with Gasteiger partial charge in [0.2, 0.25) is 0 Å². The number of rotatable bonds is 5. The van der Waals surface area contributed by atoms with Gasteiger partial charge >= 0.3 is 0 Å². The van der Waals surface area contributed by atoms with Crippen LogP contribution in [0.15, 0.2) is 78.6 Å². The topological polar surface area (TPSA) is 114 Å². The Hall–Kier alpha value is -4.33. The molecule has 160 valence electrons. The molecule has 0 spiro atoms. The number of benzene rings is 2. The summed E-state index contributed by atoms with van der Waals surface area (Å²) in [6, 6.07) is 15.3. The zero-order chi connectivity index (χ0) is 22.8. The molecular formula is C24H19N3O5. The Kier molecular flexibility index (Phi) is 5.51. The quantitative estimate of drug-likeness (QED) is 0.216. The van der Waals surface area contributed by atoms with Crippen molar-refractivity contribution in [3.05, 3.63) is 111 Å². The van der Waals surface area contributed by atoms with Gasteiger partial charge in [0.15, 0.2) is 0 Å². The Morgan fingerprint density at radius 1 is 1.09 bits per heavy atom. The molecule has 2 heterocycles. The van der Waals surface area contributed by atoms with Gasteiger partial charge in [-0.1, -0.05) is 42.0 Å². The summed E-state index contributed by atoms with van der Waals surface area (Å²) in [6.45, 7) is 2.02. The number of carbonyl (C=O) groups excluding carboxylic acids is 2. The van der Waals surface area contributed by atoms with Crippen LogP contribution in [0.1, 0.15) is 28.3 Å². The zero-order valence-electron chi connectivity index (χ0n) is 17.1. The molecule has 0 saturated carbocycles. The van der Waals surface area contributed by atoms with Crippen LogP contribution in [0.2, 0.25) is 0 Å². The second-order valence-electron chi connectivity index (χ2n) is 7.50. The minimum atomic E-state index is -0.845. The van der Waals surface area contributed by atoms with Gasteiger partial charge in [0.1, 0.15) is 5.76 Å². The maximum atomic E-state index is 13.1. The molecule has 1 atom stereocenters. The minimum absolute atomic E-state index is 0.0961. The van der Waals surface area contributed by atoms with Gasteiger partial charge in [0.25, 0.3) is 17.4 Å². The Balaban J connectivity index is 1.88. The van der Waals surface area contributed by atoms with Crippen molar-refractivity contribution < 1.29 is 19.6 Å². The highest BCUT2D eigenvalue weighted by Gasteiger charge is 2.46. The molecule has 1 N–H and O–H groups in total. The number of likely N-dealkylation sites (tertiary alicyclic amines) is 1. The fourth-order valence-corrected chi connectivity index (χ4v) is 3.84. The SMILES string of the molecule is Cc1cccc(C2/C(=C(/O)c3cccc([N+](=O)[O-])c3)C(=O)C(=O)N2Cc2ccncc2)c1. The van der Waals surface area contributed by atoms with Gasteiger partial charge in [-0.2, -0.15) is 0 Å². The first-order valence-corrected chi connectivity index (χ1v) is 9.85. The van der Waals surface area contributed by atoms with Gasteiger partial charge in [-0.15, -0.1) is 0 Å². The van der Waals surface area contributed by atoms with Crippen LogP contribution in [0, 0.1) is 17.0 Å². The van der Waals surface area contributed by atoms with E-state index < -0.39 is 28.4 Å². The van der Waals surface area contributed by atoms with Crippen molar-refractivity contribution in [3.8, 4) is 0 Å². The molecule has 1 aliphatic rings. The van der Waals surface area contributed by atoms with Crippen molar-refractivity contribution in [1.82, 2.24) is 9.88 Å². The number of hydrogen-bond donors (Lipinski definition) is 1. The third kappa shape index (κ3) is 3.85. The van der Waals surface area contributed by atoms with Crippen LogP contribution in [-0.4, -0.2) is 31.6 Å². The molecule has 1 fully saturated rings. The van der Waals surface area contributed by atoms with E-state index in [1.165, 1.54) is 29.2 Å². The summed E-state index contributed by atoms with van der Waals surface area (Å²) in [7, 11) is 0. The number of hydrogen-bond acceptors (Lipinski definition) is 6. The monoisotopic (exact) mass is 429 g/mol. The number of pyridine rings is 1. The van der Waals surface area contributed by atoms with E-state index in [4.69, 9.17) is 0 Å². The van der Waals surface area contributed by atoms with Gasteiger partial charge in [-0.05, 0) is 30.2 Å². The van der Waals surface area contributed by atoms with Crippen LogP contribution in [-0.2, 0) is 16.1 Å². The molecule has 1 amide bonds. The molecule has 4 rings (SSSR count). The average Bonchev–Trinajstić information content (AvgIpc) is 3.04. The van der Waals surface area contributed by atoms with Gasteiger partial charge in [0, 0.05) is 36.6 Å². The van der Waals surface area contributed by atoms with Crippen molar-refractivity contribution in [2.45, 2.75) is 19.5 Å². The standard InChI is InChI=1S/C24H19N3O5/c1-15-4-2-5-17(12-15)21-20(22(28)18-6-3-7-19(13-18)27(31)32)23(29)24(30)26(21)14-16-8-10-25-11-9-16/h2-13,21,28H,14H2,1H3/b22-20-. The molecule has 1 aromatic heterocycles. The number of non-ortho nitro benzene ring substituents is 1. The molecule has 3 aromatic rings. The third-order valence-corrected chi connectivity index (χ3v) is 5.33. The molecule has 1 saturated heterocycles. The van der Waals surface area contributed by atoms with E-state index in [-0.39, 0.29) is 23.4 Å². The van der Waals surface area contributed by atoms with Crippen LogP contribution in [0.4, 0.5) is 5.69 Å². The Labute approximate surface area is 183 Å². The van der Waals surface area contributed by atoms with Gasteiger partial charge in [-0.25, -0.2) is 0 Å². The first-order chi connectivity index (χ1) is 15.4. The molecular weight excluding hydrogens is 410 g/mol. The summed E-state index contributed by atoms with van der Waals surface area (Å²) in [6.07, 6.45) is 3.19. The van der Waals surface area contributed by atoms with E-state index in [9.17, 15) is 24.8 Å². The van der Waals surface area contributed by atoms with Crippen LogP contribution in [0.3, 0.4) is 0 Å². The lowest BCUT2D eigenvalue weighted by molar-refractivity contribution is -0.384. The lowest BCUT2D eigenvalue weighted by atomic mass is 9.94. The molecule has 1 aliphatic heterocycles. The van der Waals surface area contributed by atoms with E-state index in [2.05, 4.69) is 4.98 Å². The van der Waals surface area contributed by atoms with E-state index in [0.29, 0.717) is 5.56 Å². The number of aliphatic hydroxyl groups is 1. The summed E-state index contributed by atoms with van der Waals surface area (Å²) in [5, 5.41) is 22.2. The molecule has 0 radical (unpaired) electrons. The first kappa shape index (κ1) is 20.9. The van der Waals surface area contributed by atoms with Crippen LogP contribution >= 0.6 is 0 Å². The summed E-state index contributed by atoms with van der Waals surface area (Å²) >= 11 is 0. The molecule has 8 heteroatoms. The van der Waals surface area contributed by atoms with Crippen molar-refractivity contribution in [1.29, 1.82) is 0 Å². The van der Waals surface area contributed by atoms with Crippen LogP contribution in [0.5, 0.6) is 0 Å². The van der Waals surface area contributed by atoms with Crippen LogP contribution < -0.4 is 0 Å². The number of nitro groups is 1. The first-order valence-electron chi connectivity index (χ1n) is 9.85. The Bertz CT molecular complexity index is 1250. The Morgan fingerprint density at radius 2 is 1.81 bits per heavy atom. The summed E-state index contributed by atoms with van der Waals surface area (Å²) in [5.74, 6) is -2.04. The normalized spacial score (nSPS) is 17.5. The highest BCUT2D eigenvalue weighted by molar-refractivity contribution is 6.46. The number of aliphatic hydroxyl groups excluding tert-OH is 1. The van der Waals surface area contributed by atoms with E-state index in [0.717, 1.165) is 11.1 Å². The third-order valence-electron chi connectivity index (χ3n) is 5.33. The predicted molar refractivity (Wildman–Crippen MR) is 116 cm³/mol. The fourth-order valence-electron chi connectivity index (χ4n) is 3.84. The molecule has 1 unspecified atom stereocenters. The van der Waals surface area contributed by atoms with E-state index in [1.54, 1.807) is 30.6 Å². The average molecular weight is 429 g/mol. The molecule has 32 heavy (non-hydrogen) atoms. The Morgan fingerprint density at radius 3 is 2.50 bits per heavy atom. The van der Waals surface area contributed by atoms with Gasteiger partial charge < -0.3 is 10.0 Å². The smallest absolute Gasteiger partial charge is 0.295 e. The highest BCUT2D eigenvalue weighted by atomic mass is 16.6. The second kappa shape index (κ2) is 8.43. The number of amides is 1. The highest BCUT2D eigenvalue weighted by Crippen LogP contribution is 2.40. The largest absolute Gasteiger partial charge is 0.507 e. The number of aromatic nitrogens is 1. The number of Topliss-reactive ketones (excluding diaryl/α,β-unsaturated/α-hetero) is 1. The van der Waals surface area contributed by atoms with E-state index >= 15 is 0 Å². The summed E-state index contributed by atoms with van der Waals surface area (Å²) in [5.41, 5.74) is 2.12. The van der Waals surface area contributed by atoms with Gasteiger partial charge in [0.05, 0.1) is 16.5 Å². The molecule has 8 nitrogen and oxygen atoms in total. The number of ketones is 1. The fraction of sp³-hybridized carbons (Fsp3) is 0.125. The maximum Gasteiger partial charge on any atom is 0.295 e. The molecule has 2 aromatic carbocycles. The summed E-state index contributed by atoms with van der Waals surface area (Å²) < 4.78 is 0. The summed E-state index contributed by atoms with van der Waals surface area (Å²) in [4.78, 5) is 42.0. The van der Waals surface area contributed by atoms with E-state index in [1.807, 2.05) is 25.1 Å². The maximum absolute atomic E-state index is 13.1.